The number of hydrogen-bond acceptors (Lipinski definition) is 4. The quantitative estimate of drug-likeness (QED) is 0.785. The number of hydrogen-bond donors (Lipinski definition) is 2. The van der Waals surface area contributed by atoms with E-state index >= 15 is 0 Å². The molecule has 0 heterocycles. The van der Waals surface area contributed by atoms with Gasteiger partial charge in [0.15, 0.2) is 0 Å². The normalized spacial score (nSPS) is 20.3. The molecule has 0 radical (unpaired) electrons. The monoisotopic (exact) mass is 318 g/mol. The Morgan fingerprint density at radius 3 is 2.65 bits per heavy atom. The van der Waals surface area contributed by atoms with Crippen molar-refractivity contribution in [1.29, 1.82) is 0 Å². The minimum absolute atomic E-state index is 0.0186. The van der Waals surface area contributed by atoms with Gasteiger partial charge in [-0.05, 0) is 44.4 Å². The fourth-order valence-electron chi connectivity index (χ4n) is 2.27. The smallest absolute Gasteiger partial charge is 0.328 e. The Morgan fingerprint density at radius 1 is 1.35 bits per heavy atom. The molecule has 0 saturated heterocycles. The summed E-state index contributed by atoms with van der Waals surface area (Å²) in [7, 11) is 0. The Morgan fingerprint density at radius 2 is 2.04 bits per heavy atom. The summed E-state index contributed by atoms with van der Waals surface area (Å²) in [6, 6.07) is 5.92. The van der Waals surface area contributed by atoms with E-state index in [1.807, 2.05) is 6.92 Å². The topological polar surface area (TPSA) is 84.5 Å². The third-order valence-electron chi connectivity index (χ3n) is 3.83. The van der Waals surface area contributed by atoms with E-state index in [1.54, 1.807) is 38.1 Å². The lowest BCUT2D eigenvalue weighted by Crippen LogP contribution is -2.39. The van der Waals surface area contributed by atoms with Crippen molar-refractivity contribution >= 4 is 23.5 Å². The van der Waals surface area contributed by atoms with Crippen molar-refractivity contribution in [3.63, 3.8) is 0 Å². The number of carbonyl (C=O) groups is 3. The molecule has 2 rings (SSSR count). The number of amides is 2. The summed E-state index contributed by atoms with van der Waals surface area (Å²) in [4.78, 5) is 35.6. The van der Waals surface area contributed by atoms with E-state index in [1.165, 1.54) is 0 Å². The fourth-order valence-corrected chi connectivity index (χ4v) is 2.27. The highest BCUT2D eigenvalue weighted by molar-refractivity contribution is 5.99. The van der Waals surface area contributed by atoms with Crippen LogP contribution in [0.1, 0.15) is 37.6 Å². The van der Waals surface area contributed by atoms with E-state index in [0.717, 1.165) is 6.42 Å². The highest BCUT2D eigenvalue weighted by Crippen LogP contribution is 2.38. The summed E-state index contributed by atoms with van der Waals surface area (Å²) in [5, 5.41) is 5.39. The van der Waals surface area contributed by atoms with Crippen LogP contribution in [0.25, 0.3) is 0 Å². The zero-order valence-electron chi connectivity index (χ0n) is 13.6. The van der Waals surface area contributed by atoms with Crippen molar-refractivity contribution in [2.24, 2.45) is 11.8 Å². The van der Waals surface area contributed by atoms with Crippen molar-refractivity contribution < 1.29 is 19.1 Å². The molecule has 3 atom stereocenters. The maximum Gasteiger partial charge on any atom is 0.328 e. The Hall–Kier alpha value is -2.37. The van der Waals surface area contributed by atoms with Gasteiger partial charge in [-0.2, -0.15) is 0 Å². The van der Waals surface area contributed by atoms with E-state index in [-0.39, 0.29) is 24.3 Å². The minimum atomic E-state index is -0.729. The zero-order valence-corrected chi connectivity index (χ0v) is 13.6. The van der Waals surface area contributed by atoms with Crippen LogP contribution in [0.15, 0.2) is 24.3 Å². The largest absolute Gasteiger partial charge is 0.464 e. The number of rotatable bonds is 6. The summed E-state index contributed by atoms with van der Waals surface area (Å²) >= 11 is 0. The molecule has 0 spiro atoms. The summed E-state index contributed by atoms with van der Waals surface area (Å²) in [6.45, 7) is 5.57. The van der Waals surface area contributed by atoms with Gasteiger partial charge in [0.1, 0.15) is 6.04 Å². The van der Waals surface area contributed by atoms with E-state index in [2.05, 4.69) is 10.6 Å². The highest BCUT2D eigenvalue weighted by Gasteiger charge is 2.39. The van der Waals surface area contributed by atoms with Crippen LogP contribution in [0.3, 0.4) is 0 Å². The van der Waals surface area contributed by atoms with Crippen molar-refractivity contribution in [3.8, 4) is 0 Å². The molecule has 1 aromatic rings. The molecule has 1 saturated carbocycles. The molecule has 23 heavy (non-hydrogen) atoms. The Bertz CT molecular complexity index is 614. The number of benzene rings is 1. The summed E-state index contributed by atoms with van der Waals surface area (Å²) in [6.07, 6.45) is 0.906. The molecule has 0 aliphatic heterocycles. The molecule has 2 amide bonds. The van der Waals surface area contributed by atoms with Gasteiger partial charge in [0.2, 0.25) is 5.91 Å². The molecule has 0 aromatic heterocycles. The molecule has 1 fully saturated rings. The van der Waals surface area contributed by atoms with Crippen molar-refractivity contribution in [2.75, 3.05) is 11.9 Å². The molecule has 1 aliphatic carbocycles. The standard InChI is InChI=1S/C17H22N2O4/c1-4-23-17(22)11(3)18-15(20)12-6-5-7-13(9-12)19-16(21)14-8-10(14)2/h5-7,9-11,14H,4,8H2,1-3H3,(H,18,20)(H,19,21)/t10-,11-,14+/m0/s1. The van der Waals surface area contributed by atoms with Gasteiger partial charge in [-0.3, -0.25) is 9.59 Å². The lowest BCUT2D eigenvalue weighted by Gasteiger charge is -2.13. The molecule has 6 nitrogen and oxygen atoms in total. The number of carbonyl (C=O) groups excluding carboxylic acids is 3. The third-order valence-corrected chi connectivity index (χ3v) is 3.83. The number of ether oxygens (including phenoxy) is 1. The highest BCUT2D eigenvalue weighted by atomic mass is 16.5. The number of nitrogens with one attached hydrogen (secondary N) is 2. The second kappa shape index (κ2) is 7.26. The van der Waals surface area contributed by atoms with Crippen LogP contribution >= 0.6 is 0 Å². The van der Waals surface area contributed by atoms with Gasteiger partial charge in [0.05, 0.1) is 6.61 Å². The molecule has 2 N–H and O–H groups in total. The van der Waals surface area contributed by atoms with Gasteiger partial charge >= 0.3 is 5.97 Å². The maximum atomic E-state index is 12.2. The molecule has 0 unspecified atom stereocenters. The van der Waals surface area contributed by atoms with Gasteiger partial charge in [-0.1, -0.05) is 13.0 Å². The molecule has 124 valence electrons. The van der Waals surface area contributed by atoms with Crippen molar-refractivity contribution in [2.45, 2.75) is 33.2 Å². The first-order valence-corrected chi connectivity index (χ1v) is 7.80. The van der Waals surface area contributed by atoms with Crippen LogP contribution in [0.2, 0.25) is 0 Å². The SMILES string of the molecule is CCOC(=O)[C@H](C)NC(=O)c1cccc(NC(=O)[C@@H]2C[C@@H]2C)c1. The predicted octanol–water partition coefficient (Wildman–Crippen LogP) is 1.96. The molecule has 0 bridgehead atoms. The first kappa shape index (κ1) is 17.0. The second-order valence-electron chi connectivity index (χ2n) is 5.84. The second-order valence-corrected chi connectivity index (χ2v) is 5.84. The first-order valence-electron chi connectivity index (χ1n) is 7.80. The van der Waals surface area contributed by atoms with Gasteiger partial charge in [0.25, 0.3) is 5.91 Å². The summed E-state index contributed by atoms with van der Waals surface area (Å²) in [5.74, 6) is -0.396. The molecular weight excluding hydrogens is 296 g/mol. The van der Waals surface area contributed by atoms with Crippen LogP contribution in [0.5, 0.6) is 0 Å². The molecule has 1 aliphatic rings. The van der Waals surface area contributed by atoms with Crippen LogP contribution < -0.4 is 10.6 Å². The van der Waals surface area contributed by atoms with E-state index in [4.69, 9.17) is 4.74 Å². The maximum absolute atomic E-state index is 12.2. The van der Waals surface area contributed by atoms with Crippen LogP contribution in [0, 0.1) is 11.8 Å². The van der Waals surface area contributed by atoms with Crippen LogP contribution in [-0.4, -0.2) is 30.4 Å². The lowest BCUT2D eigenvalue weighted by molar-refractivity contribution is -0.144. The summed E-state index contributed by atoms with van der Waals surface area (Å²) < 4.78 is 4.85. The Kier molecular flexibility index (Phi) is 5.36. The molecular formula is C17H22N2O4. The molecule has 6 heteroatoms. The molecule has 1 aromatic carbocycles. The average Bonchev–Trinajstić information content (AvgIpc) is 3.24. The van der Waals surface area contributed by atoms with Crippen molar-refractivity contribution in [1.82, 2.24) is 5.32 Å². The minimum Gasteiger partial charge on any atom is -0.464 e. The number of anilines is 1. The van der Waals surface area contributed by atoms with Gasteiger partial charge in [-0.15, -0.1) is 0 Å². The number of esters is 1. The van der Waals surface area contributed by atoms with Crippen LogP contribution in [0.4, 0.5) is 5.69 Å². The van der Waals surface area contributed by atoms with Gasteiger partial charge in [-0.25, -0.2) is 4.79 Å². The summed E-state index contributed by atoms with van der Waals surface area (Å²) in [5.41, 5.74) is 0.952. The lowest BCUT2D eigenvalue weighted by atomic mass is 10.1. The fraction of sp³-hybridized carbons (Fsp3) is 0.471. The van der Waals surface area contributed by atoms with E-state index in [0.29, 0.717) is 17.2 Å². The zero-order chi connectivity index (χ0) is 17.0. The Balaban J connectivity index is 1.97. The van der Waals surface area contributed by atoms with Gasteiger partial charge < -0.3 is 15.4 Å². The Labute approximate surface area is 135 Å². The van der Waals surface area contributed by atoms with Crippen molar-refractivity contribution in [3.05, 3.63) is 29.8 Å². The third kappa shape index (κ3) is 4.55. The van der Waals surface area contributed by atoms with Crippen LogP contribution in [-0.2, 0) is 14.3 Å². The van der Waals surface area contributed by atoms with E-state index < -0.39 is 12.0 Å². The van der Waals surface area contributed by atoms with Gasteiger partial charge in [0, 0.05) is 17.2 Å². The first-order chi connectivity index (χ1) is 10.9. The predicted molar refractivity (Wildman–Crippen MR) is 85.9 cm³/mol. The average molecular weight is 318 g/mol. The van der Waals surface area contributed by atoms with E-state index in [9.17, 15) is 14.4 Å².